The van der Waals surface area contributed by atoms with Gasteiger partial charge in [0.05, 0.1) is 13.2 Å². The Morgan fingerprint density at radius 2 is 2.00 bits per heavy atom. The third-order valence-electron chi connectivity index (χ3n) is 4.85. The van der Waals surface area contributed by atoms with Crippen LogP contribution in [0.15, 0.2) is 60.9 Å². The topological polar surface area (TPSA) is 31.4 Å². The van der Waals surface area contributed by atoms with E-state index >= 15 is 0 Å². The van der Waals surface area contributed by atoms with Crippen LogP contribution in [-0.4, -0.2) is 24.8 Å². The van der Waals surface area contributed by atoms with Crippen molar-refractivity contribution in [1.82, 2.24) is 4.98 Å². The molecule has 1 atom stereocenters. The highest BCUT2D eigenvalue weighted by Gasteiger charge is 2.16. The van der Waals surface area contributed by atoms with Crippen LogP contribution in [0, 0.1) is 0 Å². The first-order chi connectivity index (χ1) is 12.4. The minimum atomic E-state index is 0.536. The molecule has 1 aliphatic heterocycles. The van der Waals surface area contributed by atoms with Gasteiger partial charge >= 0.3 is 0 Å². The van der Waals surface area contributed by atoms with E-state index in [0.717, 1.165) is 31.8 Å². The lowest BCUT2D eigenvalue weighted by atomic mass is 9.92. The Hall–Kier alpha value is -2.39. The van der Waals surface area contributed by atoms with Gasteiger partial charge in [0, 0.05) is 31.3 Å². The van der Waals surface area contributed by atoms with E-state index in [9.17, 15) is 0 Å². The van der Waals surface area contributed by atoms with Crippen LogP contribution in [0.25, 0.3) is 10.8 Å². The van der Waals surface area contributed by atoms with Gasteiger partial charge in [0.25, 0.3) is 0 Å². The molecule has 1 aliphatic rings. The van der Waals surface area contributed by atoms with Crippen molar-refractivity contribution in [2.45, 2.75) is 25.2 Å². The number of benzene rings is 2. The lowest BCUT2D eigenvalue weighted by molar-refractivity contribution is 0.0805. The SMILES string of the molecule is c1cncc(CCOc2ccc3cc(C4CCCOC4)ccc3c2)c1. The summed E-state index contributed by atoms with van der Waals surface area (Å²) in [6.45, 7) is 2.42. The van der Waals surface area contributed by atoms with E-state index in [0.29, 0.717) is 12.5 Å². The van der Waals surface area contributed by atoms with Crippen LogP contribution in [0.2, 0.25) is 0 Å². The molecule has 1 fully saturated rings. The molecule has 1 saturated heterocycles. The summed E-state index contributed by atoms with van der Waals surface area (Å²) >= 11 is 0. The number of nitrogens with zero attached hydrogens (tertiary/aromatic N) is 1. The number of hydrogen-bond acceptors (Lipinski definition) is 3. The van der Waals surface area contributed by atoms with Gasteiger partial charge in [-0.2, -0.15) is 0 Å². The van der Waals surface area contributed by atoms with E-state index in [1.54, 1.807) is 6.20 Å². The maximum absolute atomic E-state index is 5.92. The van der Waals surface area contributed by atoms with Crippen molar-refractivity contribution in [1.29, 1.82) is 0 Å². The predicted octanol–water partition coefficient (Wildman–Crippen LogP) is 4.75. The van der Waals surface area contributed by atoms with Gasteiger partial charge in [-0.05, 0) is 52.9 Å². The van der Waals surface area contributed by atoms with E-state index in [4.69, 9.17) is 9.47 Å². The monoisotopic (exact) mass is 333 g/mol. The Kier molecular flexibility index (Phi) is 4.93. The molecular weight excluding hydrogens is 310 g/mol. The second kappa shape index (κ2) is 7.66. The van der Waals surface area contributed by atoms with Crippen molar-refractivity contribution in [3.8, 4) is 5.75 Å². The smallest absolute Gasteiger partial charge is 0.119 e. The zero-order valence-electron chi connectivity index (χ0n) is 14.4. The predicted molar refractivity (Wildman–Crippen MR) is 100 cm³/mol. The molecule has 0 bridgehead atoms. The second-order valence-corrected chi connectivity index (χ2v) is 6.64. The van der Waals surface area contributed by atoms with E-state index in [2.05, 4.69) is 47.4 Å². The van der Waals surface area contributed by atoms with Crippen molar-refractivity contribution in [2.24, 2.45) is 0 Å². The fourth-order valence-corrected chi connectivity index (χ4v) is 3.42. The Labute approximate surface area is 148 Å². The van der Waals surface area contributed by atoms with Crippen LogP contribution in [-0.2, 0) is 11.2 Å². The fraction of sp³-hybridized carbons (Fsp3) is 0.318. The minimum Gasteiger partial charge on any atom is -0.493 e. The molecule has 1 aromatic heterocycles. The quantitative estimate of drug-likeness (QED) is 0.675. The molecule has 1 unspecified atom stereocenters. The Morgan fingerprint density at radius 3 is 2.84 bits per heavy atom. The molecule has 3 nitrogen and oxygen atoms in total. The van der Waals surface area contributed by atoms with Gasteiger partial charge in [0.2, 0.25) is 0 Å². The summed E-state index contributed by atoms with van der Waals surface area (Å²) in [6.07, 6.45) is 6.93. The maximum Gasteiger partial charge on any atom is 0.119 e. The van der Waals surface area contributed by atoms with Gasteiger partial charge < -0.3 is 9.47 Å². The molecule has 0 radical (unpaired) electrons. The van der Waals surface area contributed by atoms with E-state index in [-0.39, 0.29) is 0 Å². The molecule has 2 heterocycles. The van der Waals surface area contributed by atoms with Crippen LogP contribution in [0.1, 0.15) is 29.9 Å². The molecule has 0 aliphatic carbocycles. The third-order valence-corrected chi connectivity index (χ3v) is 4.85. The summed E-state index contributed by atoms with van der Waals surface area (Å²) < 4.78 is 11.5. The lowest BCUT2D eigenvalue weighted by Gasteiger charge is -2.22. The molecule has 0 spiro atoms. The summed E-state index contributed by atoms with van der Waals surface area (Å²) in [6, 6.07) is 17.1. The standard InChI is InChI=1S/C22H23NO2/c1-3-17(15-23-10-1)9-12-25-22-8-7-18-13-19(5-6-20(18)14-22)21-4-2-11-24-16-21/h1,3,5-8,10,13-15,21H,2,4,9,11-12,16H2. The van der Waals surface area contributed by atoms with Crippen LogP contribution < -0.4 is 4.74 Å². The molecule has 0 N–H and O–H groups in total. The van der Waals surface area contributed by atoms with Crippen molar-refractivity contribution in [2.75, 3.05) is 19.8 Å². The first-order valence-corrected chi connectivity index (χ1v) is 9.02. The Balaban J connectivity index is 1.43. The highest BCUT2D eigenvalue weighted by atomic mass is 16.5. The molecular formula is C22H23NO2. The number of fused-ring (bicyclic) bond motifs is 1. The Bertz CT molecular complexity index is 826. The summed E-state index contributed by atoms with van der Waals surface area (Å²) in [4.78, 5) is 4.13. The fourth-order valence-electron chi connectivity index (χ4n) is 3.42. The highest BCUT2D eigenvalue weighted by molar-refractivity contribution is 5.84. The van der Waals surface area contributed by atoms with Crippen LogP contribution in [0.3, 0.4) is 0 Å². The van der Waals surface area contributed by atoms with Crippen LogP contribution in [0.4, 0.5) is 0 Å². The normalized spacial score (nSPS) is 17.5. The van der Waals surface area contributed by atoms with E-state index < -0.39 is 0 Å². The van der Waals surface area contributed by atoms with Gasteiger partial charge in [0.1, 0.15) is 5.75 Å². The molecule has 25 heavy (non-hydrogen) atoms. The largest absolute Gasteiger partial charge is 0.493 e. The van der Waals surface area contributed by atoms with Crippen molar-refractivity contribution in [3.05, 3.63) is 72.1 Å². The first-order valence-electron chi connectivity index (χ1n) is 9.02. The average molecular weight is 333 g/mol. The lowest BCUT2D eigenvalue weighted by Crippen LogP contribution is -2.15. The number of pyridine rings is 1. The second-order valence-electron chi connectivity index (χ2n) is 6.64. The number of aromatic nitrogens is 1. The van der Waals surface area contributed by atoms with Crippen molar-refractivity contribution in [3.63, 3.8) is 0 Å². The molecule has 128 valence electrons. The third kappa shape index (κ3) is 3.99. The molecule has 2 aromatic carbocycles. The molecule has 0 amide bonds. The van der Waals surface area contributed by atoms with Gasteiger partial charge in [-0.1, -0.05) is 30.3 Å². The van der Waals surface area contributed by atoms with Crippen LogP contribution >= 0.6 is 0 Å². The zero-order valence-corrected chi connectivity index (χ0v) is 14.4. The first kappa shape index (κ1) is 16.1. The van der Waals surface area contributed by atoms with E-state index in [1.807, 2.05) is 12.3 Å². The number of ether oxygens (including phenoxy) is 2. The molecule has 3 aromatic rings. The number of hydrogen-bond donors (Lipinski definition) is 0. The average Bonchev–Trinajstić information content (AvgIpc) is 2.69. The molecule has 0 saturated carbocycles. The number of rotatable bonds is 5. The van der Waals surface area contributed by atoms with Gasteiger partial charge in [-0.15, -0.1) is 0 Å². The Morgan fingerprint density at radius 1 is 1.08 bits per heavy atom. The van der Waals surface area contributed by atoms with Gasteiger partial charge in [-0.3, -0.25) is 4.98 Å². The van der Waals surface area contributed by atoms with Gasteiger partial charge in [-0.25, -0.2) is 0 Å². The maximum atomic E-state index is 5.92. The zero-order chi connectivity index (χ0) is 16.9. The minimum absolute atomic E-state index is 0.536. The van der Waals surface area contributed by atoms with E-state index in [1.165, 1.54) is 28.3 Å². The molecule has 3 heteroatoms. The summed E-state index contributed by atoms with van der Waals surface area (Å²) in [5.41, 5.74) is 2.58. The van der Waals surface area contributed by atoms with Crippen molar-refractivity contribution >= 4 is 10.8 Å². The summed E-state index contributed by atoms with van der Waals surface area (Å²) in [5, 5.41) is 2.49. The summed E-state index contributed by atoms with van der Waals surface area (Å²) in [5.74, 6) is 1.46. The van der Waals surface area contributed by atoms with Gasteiger partial charge in [0.15, 0.2) is 0 Å². The summed E-state index contributed by atoms with van der Waals surface area (Å²) in [7, 11) is 0. The molecule has 4 rings (SSSR count). The van der Waals surface area contributed by atoms with Crippen LogP contribution in [0.5, 0.6) is 5.75 Å². The highest BCUT2D eigenvalue weighted by Crippen LogP contribution is 2.29. The van der Waals surface area contributed by atoms with Crippen molar-refractivity contribution < 1.29 is 9.47 Å².